The van der Waals surface area contributed by atoms with Crippen LogP contribution in [0.25, 0.3) is 6.08 Å². The van der Waals surface area contributed by atoms with Gasteiger partial charge >= 0.3 is 0 Å². The summed E-state index contributed by atoms with van der Waals surface area (Å²) in [5, 5.41) is 9.71. The number of thioether (sulfide) groups is 1. The molecule has 1 saturated heterocycles. The molecule has 1 aliphatic rings. The minimum absolute atomic E-state index is 0.0796. The molecule has 0 aromatic heterocycles. The van der Waals surface area contributed by atoms with Crippen LogP contribution in [0.4, 0.5) is 10.5 Å². The third-order valence-electron chi connectivity index (χ3n) is 3.46. The van der Waals surface area contributed by atoms with E-state index in [0.29, 0.717) is 16.3 Å². The second-order valence-electron chi connectivity index (χ2n) is 5.02. The van der Waals surface area contributed by atoms with E-state index in [1.54, 1.807) is 24.3 Å². The lowest BCUT2D eigenvalue weighted by atomic mass is 10.1. The zero-order valence-corrected chi connectivity index (χ0v) is 15.2. The number of para-hydroxylation sites is 1. The number of rotatable bonds is 3. The van der Waals surface area contributed by atoms with Gasteiger partial charge in [0, 0.05) is 0 Å². The van der Waals surface area contributed by atoms with E-state index < -0.39 is 11.1 Å². The fraction of sp³-hybridized carbons (Fsp3) is 0.0588. The van der Waals surface area contributed by atoms with Crippen LogP contribution in [0, 0.1) is 0 Å². The van der Waals surface area contributed by atoms with E-state index >= 15 is 0 Å². The third-order valence-corrected chi connectivity index (χ3v) is 4.93. The van der Waals surface area contributed by atoms with Crippen LogP contribution in [-0.4, -0.2) is 23.4 Å². The van der Waals surface area contributed by atoms with Crippen LogP contribution in [0.3, 0.4) is 0 Å². The van der Waals surface area contributed by atoms with Crippen molar-refractivity contribution in [3.63, 3.8) is 0 Å². The Kier molecular flexibility index (Phi) is 4.94. The van der Waals surface area contributed by atoms with E-state index in [1.165, 1.54) is 25.3 Å². The number of phenolic OH excluding ortho intramolecular Hbond substituents is 1. The molecule has 1 heterocycles. The van der Waals surface area contributed by atoms with Gasteiger partial charge in [0.25, 0.3) is 11.1 Å². The standard InChI is InChI=1S/C17H11Cl2NO4S/c1-24-13-7-9(6-11(19)15(13)21)8-14-16(22)20(17(23)25-14)12-5-3-2-4-10(12)18/h2-8,21H,1H3/b14-8-. The van der Waals surface area contributed by atoms with Crippen molar-refractivity contribution in [2.75, 3.05) is 12.0 Å². The summed E-state index contributed by atoms with van der Waals surface area (Å²) in [5.41, 5.74) is 0.848. The molecule has 1 fully saturated rings. The average molecular weight is 396 g/mol. The van der Waals surface area contributed by atoms with E-state index in [0.717, 1.165) is 16.7 Å². The largest absolute Gasteiger partial charge is 0.503 e. The molecule has 1 N–H and O–H groups in total. The number of halogens is 2. The van der Waals surface area contributed by atoms with Crippen molar-refractivity contribution in [2.45, 2.75) is 0 Å². The summed E-state index contributed by atoms with van der Waals surface area (Å²) in [6.45, 7) is 0. The number of imide groups is 1. The summed E-state index contributed by atoms with van der Waals surface area (Å²) in [4.78, 5) is 26.1. The van der Waals surface area contributed by atoms with Gasteiger partial charge in [0.2, 0.25) is 0 Å². The van der Waals surface area contributed by atoms with Crippen LogP contribution in [-0.2, 0) is 4.79 Å². The second-order valence-corrected chi connectivity index (χ2v) is 6.83. The van der Waals surface area contributed by atoms with Crippen LogP contribution in [0.2, 0.25) is 10.0 Å². The molecule has 0 unspecified atom stereocenters. The maximum absolute atomic E-state index is 12.6. The SMILES string of the molecule is COc1cc(/C=C2\SC(=O)N(c3ccccc3Cl)C2=O)cc(Cl)c1O. The third kappa shape index (κ3) is 3.33. The maximum atomic E-state index is 12.6. The van der Waals surface area contributed by atoms with Crippen molar-refractivity contribution in [2.24, 2.45) is 0 Å². The number of nitrogens with zero attached hydrogens (tertiary/aromatic N) is 1. The summed E-state index contributed by atoms with van der Waals surface area (Å²) in [5.74, 6) is -0.499. The number of methoxy groups -OCH3 is 1. The molecular weight excluding hydrogens is 385 g/mol. The zero-order valence-electron chi connectivity index (χ0n) is 12.8. The van der Waals surface area contributed by atoms with Crippen molar-refractivity contribution in [1.82, 2.24) is 0 Å². The highest BCUT2D eigenvalue weighted by molar-refractivity contribution is 8.19. The van der Waals surface area contributed by atoms with Crippen molar-refractivity contribution in [1.29, 1.82) is 0 Å². The van der Waals surface area contributed by atoms with Crippen LogP contribution < -0.4 is 9.64 Å². The molecule has 128 valence electrons. The summed E-state index contributed by atoms with van der Waals surface area (Å²) in [6, 6.07) is 9.61. The number of aromatic hydroxyl groups is 1. The van der Waals surface area contributed by atoms with Gasteiger partial charge < -0.3 is 9.84 Å². The van der Waals surface area contributed by atoms with Gasteiger partial charge in [0.15, 0.2) is 11.5 Å². The fourth-order valence-electron chi connectivity index (χ4n) is 2.29. The number of carbonyl (C=O) groups excluding carboxylic acids is 2. The fourth-order valence-corrected chi connectivity index (χ4v) is 3.57. The van der Waals surface area contributed by atoms with Crippen molar-refractivity contribution < 1.29 is 19.4 Å². The number of anilines is 1. The summed E-state index contributed by atoms with van der Waals surface area (Å²) in [6.07, 6.45) is 1.51. The maximum Gasteiger partial charge on any atom is 0.298 e. The summed E-state index contributed by atoms with van der Waals surface area (Å²) in [7, 11) is 1.39. The molecule has 0 radical (unpaired) electrons. The van der Waals surface area contributed by atoms with Gasteiger partial charge in [0.05, 0.1) is 27.7 Å². The van der Waals surface area contributed by atoms with Gasteiger partial charge in [-0.05, 0) is 47.7 Å². The Morgan fingerprint density at radius 1 is 1.16 bits per heavy atom. The molecule has 2 amide bonds. The van der Waals surface area contributed by atoms with E-state index in [1.807, 2.05) is 0 Å². The Balaban J connectivity index is 1.99. The molecule has 1 aliphatic heterocycles. The minimum Gasteiger partial charge on any atom is -0.503 e. The van der Waals surface area contributed by atoms with Crippen LogP contribution in [0.15, 0.2) is 41.3 Å². The minimum atomic E-state index is -0.480. The summed E-state index contributed by atoms with van der Waals surface area (Å²) >= 11 is 12.8. The number of hydrogen-bond donors (Lipinski definition) is 1. The van der Waals surface area contributed by atoms with Crippen LogP contribution in [0.1, 0.15) is 5.56 Å². The van der Waals surface area contributed by atoms with E-state index in [4.69, 9.17) is 27.9 Å². The number of amides is 2. The number of carbonyl (C=O) groups is 2. The Hall–Kier alpha value is -2.15. The molecule has 0 atom stereocenters. The predicted molar refractivity (Wildman–Crippen MR) is 99.6 cm³/mol. The van der Waals surface area contributed by atoms with Crippen LogP contribution >= 0.6 is 35.0 Å². The first-order valence-corrected chi connectivity index (χ1v) is 8.58. The highest BCUT2D eigenvalue weighted by atomic mass is 35.5. The topological polar surface area (TPSA) is 66.8 Å². The number of hydrogen-bond acceptors (Lipinski definition) is 5. The molecule has 25 heavy (non-hydrogen) atoms. The average Bonchev–Trinajstić information content (AvgIpc) is 2.85. The van der Waals surface area contributed by atoms with Crippen molar-refractivity contribution >= 4 is 57.9 Å². The van der Waals surface area contributed by atoms with Crippen LogP contribution in [0.5, 0.6) is 11.5 Å². The van der Waals surface area contributed by atoms with Gasteiger partial charge in [-0.3, -0.25) is 9.59 Å². The first-order valence-electron chi connectivity index (χ1n) is 7.01. The lowest BCUT2D eigenvalue weighted by molar-refractivity contribution is -0.113. The summed E-state index contributed by atoms with van der Waals surface area (Å²) < 4.78 is 5.03. The highest BCUT2D eigenvalue weighted by Crippen LogP contribution is 2.40. The Morgan fingerprint density at radius 3 is 2.56 bits per heavy atom. The van der Waals surface area contributed by atoms with Gasteiger partial charge in [-0.25, -0.2) is 4.90 Å². The Bertz CT molecular complexity index is 914. The molecule has 2 aromatic carbocycles. The lowest BCUT2D eigenvalue weighted by Crippen LogP contribution is -2.27. The van der Waals surface area contributed by atoms with Gasteiger partial charge in [-0.15, -0.1) is 0 Å². The van der Waals surface area contributed by atoms with E-state index in [-0.39, 0.29) is 21.4 Å². The normalized spacial score (nSPS) is 16.0. The first-order chi connectivity index (χ1) is 11.9. The molecular formula is C17H11Cl2NO4S. The quantitative estimate of drug-likeness (QED) is 0.744. The molecule has 8 heteroatoms. The molecule has 2 aromatic rings. The molecule has 0 spiro atoms. The number of phenols is 1. The smallest absolute Gasteiger partial charge is 0.298 e. The van der Waals surface area contributed by atoms with Crippen molar-refractivity contribution in [3.05, 3.63) is 56.9 Å². The Morgan fingerprint density at radius 2 is 1.88 bits per heavy atom. The first kappa shape index (κ1) is 17.7. The number of ether oxygens (including phenoxy) is 1. The monoisotopic (exact) mass is 395 g/mol. The molecule has 0 saturated carbocycles. The molecule has 5 nitrogen and oxygen atoms in total. The molecule has 3 rings (SSSR count). The highest BCUT2D eigenvalue weighted by Gasteiger charge is 2.37. The predicted octanol–water partition coefficient (Wildman–Crippen LogP) is 4.95. The van der Waals surface area contributed by atoms with Gasteiger partial charge in [-0.1, -0.05) is 35.3 Å². The van der Waals surface area contributed by atoms with E-state index in [2.05, 4.69) is 0 Å². The Labute approximate surface area is 157 Å². The second kappa shape index (κ2) is 7.00. The van der Waals surface area contributed by atoms with E-state index in [9.17, 15) is 14.7 Å². The number of benzene rings is 2. The lowest BCUT2D eigenvalue weighted by Gasteiger charge is -2.13. The zero-order chi connectivity index (χ0) is 18.1. The molecule has 0 aliphatic carbocycles. The van der Waals surface area contributed by atoms with Crippen molar-refractivity contribution in [3.8, 4) is 11.5 Å². The van der Waals surface area contributed by atoms with Gasteiger partial charge in [0.1, 0.15) is 0 Å². The van der Waals surface area contributed by atoms with Gasteiger partial charge in [-0.2, -0.15) is 0 Å². The molecule has 0 bridgehead atoms.